The van der Waals surface area contributed by atoms with E-state index in [0.717, 1.165) is 10.9 Å². The van der Waals surface area contributed by atoms with Crippen molar-refractivity contribution in [2.45, 2.75) is 40.3 Å². The molecule has 0 saturated heterocycles. The lowest BCUT2D eigenvalue weighted by atomic mass is 10.0. The molecule has 21 heavy (non-hydrogen) atoms. The molecule has 1 heterocycles. The number of hydrogen-bond donors (Lipinski definition) is 2. The summed E-state index contributed by atoms with van der Waals surface area (Å²) in [5.41, 5.74) is 1.80. The third-order valence-electron chi connectivity index (χ3n) is 5.40. The molecule has 0 bridgehead atoms. The summed E-state index contributed by atoms with van der Waals surface area (Å²) in [6.45, 7) is 9.44. The van der Waals surface area contributed by atoms with Crippen LogP contribution in [0.3, 0.4) is 0 Å². The minimum absolute atomic E-state index is 0.0416. The van der Waals surface area contributed by atoms with Gasteiger partial charge in [-0.25, -0.2) is 4.79 Å². The van der Waals surface area contributed by atoms with Gasteiger partial charge in [0.15, 0.2) is 0 Å². The summed E-state index contributed by atoms with van der Waals surface area (Å²) < 4.78 is 5.48. The molecule has 1 aromatic heterocycles. The van der Waals surface area contributed by atoms with Gasteiger partial charge in [-0.1, -0.05) is 45.9 Å². The fraction of sp³-hybridized carbons (Fsp3) is 0.471. The Kier molecular flexibility index (Phi) is 2.92. The number of carboxylic acid groups (broad SMARTS) is 1. The largest absolute Gasteiger partial charge is 0.475 e. The zero-order chi connectivity index (χ0) is 15.4. The Labute approximate surface area is 124 Å². The van der Waals surface area contributed by atoms with Gasteiger partial charge in [-0.05, 0) is 16.9 Å². The highest BCUT2D eigenvalue weighted by Crippen LogP contribution is 2.62. The number of para-hydroxylation sites is 1. The number of fused-ring (bicyclic) bond motifs is 1. The van der Waals surface area contributed by atoms with Crippen molar-refractivity contribution >= 4 is 16.9 Å². The summed E-state index contributed by atoms with van der Waals surface area (Å²) in [5, 5.41) is 13.7. The number of aromatic carboxylic acids is 1. The fourth-order valence-electron chi connectivity index (χ4n) is 3.36. The summed E-state index contributed by atoms with van der Waals surface area (Å²) in [4.78, 5) is 11.4. The van der Waals surface area contributed by atoms with E-state index < -0.39 is 5.97 Å². The normalized spacial score (nSPS) is 19.8. The Morgan fingerprint density at radius 1 is 1.24 bits per heavy atom. The van der Waals surface area contributed by atoms with Crippen LogP contribution in [-0.4, -0.2) is 17.1 Å². The first-order chi connectivity index (χ1) is 9.76. The maximum atomic E-state index is 11.4. The molecular formula is C17H21NO3. The topological polar surface area (TPSA) is 62.5 Å². The highest BCUT2D eigenvalue weighted by atomic mass is 16.4. The molecule has 0 amide bonds. The van der Waals surface area contributed by atoms with E-state index in [9.17, 15) is 9.90 Å². The molecule has 2 aromatic rings. The molecule has 0 radical (unpaired) electrons. The fourth-order valence-corrected chi connectivity index (χ4v) is 3.36. The van der Waals surface area contributed by atoms with Gasteiger partial charge in [-0.15, -0.1) is 0 Å². The quantitative estimate of drug-likeness (QED) is 0.901. The highest BCUT2D eigenvalue weighted by molar-refractivity contribution is 5.95. The van der Waals surface area contributed by atoms with Crippen LogP contribution in [0.5, 0.6) is 0 Å². The van der Waals surface area contributed by atoms with Crippen molar-refractivity contribution in [1.82, 2.24) is 5.32 Å². The molecule has 2 N–H and O–H groups in total. The number of benzene rings is 1. The van der Waals surface area contributed by atoms with E-state index in [0.29, 0.717) is 18.2 Å². The molecule has 112 valence electrons. The van der Waals surface area contributed by atoms with Gasteiger partial charge in [0.25, 0.3) is 0 Å². The SMILES string of the molecule is CC1(C)C(NCc2c(C(=O)O)oc3ccccc23)C1(C)C. The first-order valence-corrected chi connectivity index (χ1v) is 7.24. The van der Waals surface area contributed by atoms with Gasteiger partial charge in [0.2, 0.25) is 5.76 Å². The molecule has 1 aliphatic rings. The van der Waals surface area contributed by atoms with Gasteiger partial charge in [-0.3, -0.25) is 0 Å². The number of nitrogens with one attached hydrogen (secondary N) is 1. The van der Waals surface area contributed by atoms with Gasteiger partial charge in [0.1, 0.15) is 5.58 Å². The maximum Gasteiger partial charge on any atom is 0.372 e. The highest BCUT2D eigenvalue weighted by Gasteiger charge is 2.64. The first-order valence-electron chi connectivity index (χ1n) is 7.24. The number of carbonyl (C=O) groups is 1. The molecule has 0 spiro atoms. The van der Waals surface area contributed by atoms with Gasteiger partial charge in [0, 0.05) is 23.5 Å². The van der Waals surface area contributed by atoms with E-state index in [1.807, 2.05) is 18.2 Å². The molecular weight excluding hydrogens is 266 g/mol. The average Bonchev–Trinajstić information content (AvgIpc) is 2.74. The van der Waals surface area contributed by atoms with E-state index in [1.165, 1.54) is 0 Å². The summed E-state index contributed by atoms with van der Waals surface area (Å²) in [7, 11) is 0. The minimum atomic E-state index is -1.02. The third-order valence-corrected chi connectivity index (χ3v) is 5.40. The molecule has 1 saturated carbocycles. The molecule has 1 fully saturated rings. The molecule has 0 atom stereocenters. The maximum absolute atomic E-state index is 11.4. The van der Waals surface area contributed by atoms with E-state index in [-0.39, 0.29) is 16.6 Å². The first kappa shape index (κ1) is 14.1. The number of carboxylic acids is 1. The second kappa shape index (κ2) is 4.34. The molecule has 0 unspecified atom stereocenters. The lowest BCUT2D eigenvalue weighted by molar-refractivity contribution is 0.0663. The van der Waals surface area contributed by atoms with Gasteiger partial charge >= 0.3 is 5.97 Å². The lowest BCUT2D eigenvalue weighted by Crippen LogP contribution is -2.22. The summed E-state index contributed by atoms with van der Waals surface area (Å²) in [6.07, 6.45) is 0. The van der Waals surface area contributed by atoms with Gasteiger partial charge < -0.3 is 14.8 Å². The third kappa shape index (κ3) is 1.97. The summed E-state index contributed by atoms with van der Waals surface area (Å²) >= 11 is 0. The average molecular weight is 287 g/mol. The molecule has 4 nitrogen and oxygen atoms in total. The van der Waals surface area contributed by atoms with Crippen LogP contribution in [0, 0.1) is 10.8 Å². The second-order valence-corrected chi connectivity index (χ2v) is 6.97. The zero-order valence-electron chi connectivity index (χ0n) is 12.9. The standard InChI is InChI=1S/C17H21NO3/c1-16(2)15(17(16,3)4)18-9-11-10-7-5-6-8-12(10)21-13(11)14(19)20/h5-8,15,18H,9H2,1-4H3,(H,19,20). The van der Waals surface area contributed by atoms with Crippen LogP contribution >= 0.6 is 0 Å². The number of furan rings is 1. The second-order valence-electron chi connectivity index (χ2n) is 6.97. The molecule has 1 aromatic carbocycles. The van der Waals surface area contributed by atoms with Crippen LogP contribution in [0.15, 0.2) is 28.7 Å². The monoisotopic (exact) mass is 287 g/mol. The Balaban J connectivity index is 1.90. The minimum Gasteiger partial charge on any atom is -0.475 e. The van der Waals surface area contributed by atoms with E-state index in [4.69, 9.17) is 4.42 Å². The number of rotatable bonds is 4. The zero-order valence-corrected chi connectivity index (χ0v) is 12.9. The molecule has 1 aliphatic carbocycles. The van der Waals surface area contributed by atoms with Crippen molar-refractivity contribution < 1.29 is 14.3 Å². The van der Waals surface area contributed by atoms with Crippen LogP contribution in [0.4, 0.5) is 0 Å². The van der Waals surface area contributed by atoms with Crippen molar-refractivity contribution in [3.05, 3.63) is 35.6 Å². The van der Waals surface area contributed by atoms with Crippen LogP contribution in [0.2, 0.25) is 0 Å². The predicted molar refractivity (Wildman–Crippen MR) is 81.4 cm³/mol. The Morgan fingerprint density at radius 2 is 1.86 bits per heavy atom. The Bertz CT molecular complexity index is 698. The van der Waals surface area contributed by atoms with Crippen molar-refractivity contribution in [1.29, 1.82) is 0 Å². The molecule has 4 heteroatoms. The lowest BCUT2D eigenvalue weighted by Gasteiger charge is -2.06. The van der Waals surface area contributed by atoms with Crippen LogP contribution < -0.4 is 5.32 Å². The van der Waals surface area contributed by atoms with Crippen molar-refractivity contribution in [3.63, 3.8) is 0 Å². The van der Waals surface area contributed by atoms with Crippen molar-refractivity contribution in [2.24, 2.45) is 10.8 Å². The van der Waals surface area contributed by atoms with Crippen LogP contribution in [0.25, 0.3) is 11.0 Å². The van der Waals surface area contributed by atoms with E-state index in [2.05, 4.69) is 33.0 Å². The molecule has 0 aliphatic heterocycles. The van der Waals surface area contributed by atoms with E-state index in [1.54, 1.807) is 6.07 Å². The number of hydrogen-bond acceptors (Lipinski definition) is 3. The van der Waals surface area contributed by atoms with Crippen molar-refractivity contribution in [2.75, 3.05) is 0 Å². The summed E-state index contributed by atoms with van der Waals surface area (Å²) in [5.74, 6) is -0.975. The Hall–Kier alpha value is -1.81. The van der Waals surface area contributed by atoms with Gasteiger partial charge in [-0.2, -0.15) is 0 Å². The molecule has 3 rings (SSSR count). The van der Waals surface area contributed by atoms with Gasteiger partial charge in [0.05, 0.1) is 0 Å². The van der Waals surface area contributed by atoms with Crippen molar-refractivity contribution in [3.8, 4) is 0 Å². The van der Waals surface area contributed by atoms with E-state index >= 15 is 0 Å². The van der Waals surface area contributed by atoms with Crippen LogP contribution in [-0.2, 0) is 6.54 Å². The smallest absolute Gasteiger partial charge is 0.372 e. The van der Waals surface area contributed by atoms with Crippen LogP contribution in [0.1, 0.15) is 43.8 Å². The predicted octanol–water partition coefficient (Wildman–Crippen LogP) is 3.66. The Morgan fingerprint density at radius 3 is 2.43 bits per heavy atom. The summed E-state index contributed by atoms with van der Waals surface area (Å²) in [6, 6.07) is 7.84.